The molecule has 5 heteroatoms. The van der Waals surface area contributed by atoms with Gasteiger partial charge in [0.25, 0.3) is 0 Å². The summed E-state index contributed by atoms with van der Waals surface area (Å²) in [6.07, 6.45) is 11.3. The molecule has 0 atom stereocenters. The second-order valence-electron chi connectivity index (χ2n) is 7.71. The van der Waals surface area contributed by atoms with Crippen molar-refractivity contribution in [1.82, 2.24) is 15.0 Å². The SMILES string of the molecule is C#Cc1ccc2c(c1)C(Cc1ccnc(F)c1)(Cc1ccnc(F)c1)c1cccnc1-2. The second-order valence-corrected chi connectivity index (χ2v) is 7.71. The van der Waals surface area contributed by atoms with Crippen molar-refractivity contribution in [3.8, 4) is 23.6 Å². The van der Waals surface area contributed by atoms with Gasteiger partial charge in [0.05, 0.1) is 5.69 Å². The molecule has 0 amide bonds. The monoisotopic (exact) mass is 409 g/mol. The maximum Gasteiger partial charge on any atom is 0.213 e. The molecule has 0 fully saturated rings. The predicted molar refractivity (Wildman–Crippen MR) is 114 cm³/mol. The van der Waals surface area contributed by atoms with Gasteiger partial charge in [0.1, 0.15) is 0 Å². The Balaban J connectivity index is 1.78. The third kappa shape index (κ3) is 3.27. The Morgan fingerprint density at radius 2 is 1.45 bits per heavy atom. The number of hydrogen-bond acceptors (Lipinski definition) is 3. The number of benzene rings is 1. The minimum Gasteiger partial charge on any atom is -0.256 e. The number of hydrogen-bond donors (Lipinski definition) is 0. The van der Waals surface area contributed by atoms with Crippen molar-refractivity contribution in [3.63, 3.8) is 0 Å². The van der Waals surface area contributed by atoms with E-state index in [1.807, 2.05) is 30.3 Å². The van der Waals surface area contributed by atoms with E-state index in [9.17, 15) is 8.78 Å². The van der Waals surface area contributed by atoms with E-state index in [4.69, 9.17) is 6.42 Å². The highest BCUT2D eigenvalue weighted by Crippen LogP contribution is 2.51. The second kappa shape index (κ2) is 7.41. The molecule has 3 heterocycles. The number of pyridine rings is 3. The molecule has 3 nitrogen and oxygen atoms in total. The molecule has 0 N–H and O–H groups in total. The quantitative estimate of drug-likeness (QED) is 0.356. The molecule has 1 aliphatic rings. The summed E-state index contributed by atoms with van der Waals surface area (Å²) in [5.74, 6) is 1.63. The number of aromatic nitrogens is 3. The standard InChI is InChI=1S/C26H17F2N3/c1-2-17-5-6-20-22(12-17)26(21-4-3-9-31-25(20)21,15-18-7-10-29-23(27)13-18)16-19-8-11-30-24(28)14-19/h1,3-14H,15-16H2. The molecule has 4 aromatic rings. The van der Waals surface area contributed by atoms with E-state index in [0.29, 0.717) is 12.8 Å². The van der Waals surface area contributed by atoms with Gasteiger partial charge in [0.2, 0.25) is 11.9 Å². The average molecular weight is 409 g/mol. The van der Waals surface area contributed by atoms with Crippen LogP contribution >= 0.6 is 0 Å². The maximum absolute atomic E-state index is 13.9. The van der Waals surface area contributed by atoms with Crippen LogP contribution in [0.5, 0.6) is 0 Å². The highest BCUT2D eigenvalue weighted by molar-refractivity contribution is 5.79. The maximum atomic E-state index is 13.9. The first-order valence-corrected chi connectivity index (χ1v) is 9.87. The van der Waals surface area contributed by atoms with Crippen molar-refractivity contribution in [2.75, 3.05) is 0 Å². The molecule has 1 aliphatic carbocycles. The van der Waals surface area contributed by atoms with E-state index in [1.165, 1.54) is 24.5 Å². The first-order chi connectivity index (χ1) is 15.1. The molecule has 0 saturated heterocycles. The van der Waals surface area contributed by atoms with Crippen molar-refractivity contribution in [1.29, 1.82) is 0 Å². The van der Waals surface area contributed by atoms with Crippen LogP contribution in [0.1, 0.15) is 27.8 Å². The van der Waals surface area contributed by atoms with Gasteiger partial charge < -0.3 is 0 Å². The number of fused-ring (bicyclic) bond motifs is 3. The van der Waals surface area contributed by atoms with Crippen molar-refractivity contribution >= 4 is 0 Å². The lowest BCUT2D eigenvalue weighted by molar-refractivity contribution is 0.509. The number of nitrogens with zero attached hydrogens (tertiary/aromatic N) is 3. The van der Waals surface area contributed by atoms with Gasteiger partial charge in [-0.2, -0.15) is 8.78 Å². The molecule has 1 aromatic carbocycles. The molecule has 0 bridgehead atoms. The van der Waals surface area contributed by atoms with E-state index in [1.54, 1.807) is 18.3 Å². The van der Waals surface area contributed by atoms with Crippen LogP contribution in [0.25, 0.3) is 11.3 Å². The Bertz CT molecular complexity index is 1290. The van der Waals surface area contributed by atoms with Crippen LogP contribution in [0.15, 0.2) is 73.2 Å². The van der Waals surface area contributed by atoms with E-state index in [0.717, 1.165) is 39.1 Å². The van der Waals surface area contributed by atoms with E-state index >= 15 is 0 Å². The molecule has 150 valence electrons. The van der Waals surface area contributed by atoms with Gasteiger partial charge >= 0.3 is 0 Å². The first kappa shape index (κ1) is 19.1. The molecular formula is C26H17F2N3. The fourth-order valence-electron chi connectivity index (χ4n) is 4.63. The van der Waals surface area contributed by atoms with Crippen molar-refractivity contribution in [2.45, 2.75) is 18.3 Å². The minimum atomic E-state index is -0.604. The van der Waals surface area contributed by atoms with Gasteiger partial charge in [-0.1, -0.05) is 18.1 Å². The van der Waals surface area contributed by atoms with Crippen LogP contribution in [0.3, 0.4) is 0 Å². The molecule has 0 saturated carbocycles. The zero-order chi connectivity index (χ0) is 21.4. The zero-order valence-electron chi connectivity index (χ0n) is 16.5. The summed E-state index contributed by atoms with van der Waals surface area (Å²) in [5.41, 5.74) is 5.58. The van der Waals surface area contributed by atoms with Gasteiger partial charge in [-0.25, -0.2) is 9.97 Å². The lowest BCUT2D eigenvalue weighted by Gasteiger charge is -2.32. The van der Waals surface area contributed by atoms with Gasteiger partial charge in [-0.05, 0) is 77.6 Å². The number of terminal acetylenes is 1. The largest absolute Gasteiger partial charge is 0.256 e. The van der Waals surface area contributed by atoms with E-state index < -0.39 is 17.3 Å². The van der Waals surface area contributed by atoms with Gasteiger partial charge in [-0.15, -0.1) is 6.42 Å². The fraction of sp³-hybridized carbons (Fsp3) is 0.115. The summed E-state index contributed by atoms with van der Waals surface area (Å²) in [4.78, 5) is 12.0. The van der Waals surface area contributed by atoms with Gasteiger partial charge in [-0.3, -0.25) is 4.98 Å². The van der Waals surface area contributed by atoms with Crippen LogP contribution in [-0.4, -0.2) is 15.0 Å². The third-order valence-corrected chi connectivity index (χ3v) is 5.87. The molecule has 5 rings (SSSR count). The Morgan fingerprint density at radius 3 is 2.06 bits per heavy atom. The van der Waals surface area contributed by atoms with Crippen molar-refractivity contribution in [2.24, 2.45) is 0 Å². The first-order valence-electron chi connectivity index (χ1n) is 9.87. The third-order valence-electron chi connectivity index (χ3n) is 5.87. The molecule has 0 unspecified atom stereocenters. The van der Waals surface area contributed by atoms with E-state index in [2.05, 4.69) is 20.9 Å². The topological polar surface area (TPSA) is 38.7 Å². The summed E-state index contributed by atoms with van der Waals surface area (Å²) in [5, 5.41) is 0. The lowest BCUT2D eigenvalue weighted by Crippen LogP contribution is -2.31. The number of halogens is 2. The van der Waals surface area contributed by atoms with Gasteiger partial charge in [0.15, 0.2) is 0 Å². The van der Waals surface area contributed by atoms with Gasteiger partial charge in [0, 0.05) is 35.1 Å². The molecular weight excluding hydrogens is 392 g/mol. The highest BCUT2D eigenvalue weighted by atomic mass is 19.1. The predicted octanol–water partition coefficient (Wildman–Crippen LogP) is 4.88. The summed E-state index contributed by atoms with van der Waals surface area (Å²) in [7, 11) is 0. The Hall–Kier alpha value is -3.91. The summed E-state index contributed by atoms with van der Waals surface area (Å²) in [6, 6.07) is 16.3. The smallest absolute Gasteiger partial charge is 0.213 e. The normalized spacial score (nSPS) is 13.3. The van der Waals surface area contributed by atoms with Crippen LogP contribution < -0.4 is 0 Å². The van der Waals surface area contributed by atoms with Crippen molar-refractivity contribution < 1.29 is 8.78 Å². The van der Waals surface area contributed by atoms with Crippen LogP contribution in [0, 0.1) is 24.2 Å². The Labute approximate surface area is 178 Å². The molecule has 3 aromatic heterocycles. The lowest BCUT2D eigenvalue weighted by atomic mass is 9.69. The Morgan fingerprint density at radius 1 is 0.774 bits per heavy atom. The molecule has 31 heavy (non-hydrogen) atoms. The zero-order valence-corrected chi connectivity index (χ0v) is 16.5. The summed E-state index contributed by atoms with van der Waals surface area (Å²) in [6.45, 7) is 0. The summed E-state index contributed by atoms with van der Waals surface area (Å²) < 4.78 is 27.9. The van der Waals surface area contributed by atoms with Crippen LogP contribution in [-0.2, 0) is 18.3 Å². The highest BCUT2D eigenvalue weighted by Gasteiger charge is 2.44. The molecule has 0 aliphatic heterocycles. The minimum absolute atomic E-state index is 0.482. The fourth-order valence-corrected chi connectivity index (χ4v) is 4.63. The van der Waals surface area contributed by atoms with E-state index in [-0.39, 0.29) is 0 Å². The van der Waals surface area contributed by atoms with Crippen LogP contribution in [0.2, 0.25) is 0 Å². The Kier molecular flexibility index (Phi) is 4.56. The number of rotatable bonds is 4. The van der Waals surface area contributed by atoms with Crippen molar-refractivity contribution in [3.05, 3.63) is 113 Å². The summed E-state index contributed by atoms with van der Waals surface area (Å²) >= 11 is 0. The van der Waals surface area contributed by atoms with Crippen LogP contribution in [0.4, 0.5) is 8.78 Å². The molecule has 0 spiro atoms. The average Bonchev–Trinajstić information content (AvgIpc) is 3.03. The molecule has 0 radical (unpaired) electrons.